The van der Waals surface area contributed by atoms with Gasteiger partial charge in [0.2, 0.25) is 0 Å². The topological polar surface area (TPSA) is 23.8 Å². The third kappa shape index (κ3) is 3.86. The highest BCUT2D eigenvalue weighted by Crippen LogP contribution is 2.36. The van der Waals surface area contributed by atoms with Crippen molar-refractivity contribution in [1.82, 2.24) is 0 Å². The van der Waals surface area contributed by atoms with Crippen LogP contribution in [0.25, 0.3) is 0 Å². The quantitative estimate of drug-likeness (QED) is 0.578. The minimum absolute atomic E-state index is 0.201. The summed E-state index contributed by atoms with van der Waals surface area (Å²) in [7, 11) is 0. The molecule has 0 N–H and O–H groups in total. The Kier molecular flexibility index (Phi) is 3.65. The first-order chi connectivity index (χ1) is 3.98. The Morgan fingerprint density at radius 3 is 2.11 bits per heavy atom. The summed E-state index contributed by atoms with van der Waals surface area (Å²) in [5, 5.41) is 8.17. The fourth-order valence-electron chi connectivity index (χ4n) is 0.253. The monoisotopic (exact) mass is 185 g/mol. The molecular weight excluding hydrogens is 180 g/mol. The van der Waals surface area contributed by atoms with Crippen molar-refractivity contribution in [1.29, 1.82) is 5.26 Å². The largest absolute Gasteiger partial charge is 0.198 e. The first-order valence-corrected chi connectivity index (χ1v) is 3.55. The summed E-state index contributed by atoms with van der Waals surface area (Å²) in [6.07, 6.45) is 0.274. The lowest BCUT2D eigenvalue weighted by Crippen LogP contribution is -2.14. The van der Waals surface area contributed by atoms with E-state index in [0.717, 1.165) is 0 Å². The van der Waals surface area contributed by atoms with Gasteiger partial charge in [-0.3, -0.25) is 0 Å². The summed E-state index contributed by atoms with van der Waals surface area (Å²) < 4.78 is -1.30. The van der Waals surface area contributed by atoms with Crippen molar-refractivity contribution in [3.63, 3.8) is 0 Å². The Morgan fingerprint density at radius 1 is 1.56 bits per heavy atom. The molecule has 0 fully saturated rings. The van der Waals surface area contributed by atoms with Crippen LogP contribution in [0, 0.1) is 17.2 Å². The van der Waals surface area contributed by atoms with E-state index in [4.69, 9.17) is 40.1 Å². The SMILES string of the molecule is CC(CC#N)C(Cl)(Cl)Cl. The summed E-state index contributed by atoms with van der Waals surface area (Å²) in [6, 6.07) is 1.92. The Balaban J connectivity index is 3.76. The number of rotatable bonds is 1. The van der Waals surface area contributed by atoms with E-state index in [2.05, 4.69) is 0 Å². The van der Waals surface area contributed by atoms with Crippen molar-refractivity contribution in [2.45, 2.75) is 17.1 Å². The molecule has 52 valence electrons. The zero-order valence-corrected chi connectivity index (χ0v) is 7.13. The molecule has 0 aromatic rings. The van der Waals surface area contributed by atoms with Gasteiger partial charge in [0.25, 0.3) is 0 Å². The van der Waals surface area contributed by atoms with E-state index in [1.54, 1.807) is 6.92 Å². The molecule has 1 nitrogen and oxygen atoms in total. The molecule has 0 aromatic carbocycles. The molecule has 9 heavy (non-hydrogen) atoms. The Hall–Kier alpha value is 0.360. The summed E-state index contributed by atoms with van der Waals surface area (Å²) in [5.74, 6) is -0.201. The standard InChI is InChI=1S/C5H6Cl3N/c1-4(2-3-9)5(6,7)8/h4H,2H2,1H3. The molecule has 0 saturated carbocycles. The predicted molar refractivity (Wildman–Crippen MR) is 39.7 cm³/mol. The van der Waals surface area contributed by atoms with E-state index in [-0.39, 0.29) is 12.3 Å². The van der Waals surface area contributed by atoms with Crippen LogP contribution in [0.5, 0.6) is 0 Å². The lowest BCUT2D eigenvalue weighted by atomic mass is 10.1. The number of nitrogens with zero attached hydrogens (tertiary/aromatic N) is 1. The lowest BCUT2D eigenvalue weighted by molar-refractivity contribution is 0.614. The minimum Gasteiger partial charge on any atom is -0.198 e. The molecule has 4 heteroatoms. The van der Waals surface area contributed by atoms with Crippen LogP contribution in [0.15, 0.2) is 0 Å². The van der Waals surface area contributed by atoms with Crippen molar-refractivity contribution in [3.05, 3.63) is 0 Å². The van der Waals surface area contributed by atoms with Crippen LogP contribution >= 0.6 is 34.8 Å². The van der Waals surface area contributed by atoms with Crippen molar-refractivity contribution < 1.29 is 0 Å². The van der Waals surface area contributed by atoms with Gasteiger partial charge >= 0.3 is 0 Å². The number of halogens is 3. The average Bonchev–Trinajstić information content (AvgIpc) is 1.64. The van der Waals surface area contributed by atoms with Crippen LogP contribution in [0.3, 0.4) is 0 Å². The second-order valence-electron chi connectivity index (χ2n) is 1.80. The summed E-state index contributed by atoms with van der Waals surface area (Å²) >= 11 is 16.3. The average molecular weight is 186 g/mol. The van der Waals surface area contributed by atoms with E-state index >= 15 is 0 Å². The molecule has 0 aliphatic rings. The van der Waals surface area contributed by atoms with E-state index in [0.29, 0.717) is 0 Å². The van der Waals surface area contributed by atoms with Gasteiger partial charge in [-0.25, -0.2) is 0 Å². The maximum absolute atomic E-state index is 8.17. The van der Waals surface area contributed by atoms with Gasteiger partial charge in [-0.05, 0) is 0 Å². The lowest BCUT2D eigenvalue weighted by Gasteiger charge is -2.15. The van der Waals surface area contributed by atoms with Gasteiger partial charge in [0.15, 0.2) is 3.79 Å². The Morgan fingerprint density at radius 2 is 2.00 bits per heavy atom. The van der Waals surface area contributed by atoms with Crippen molar-refractivity contribution in [3.8, 4) is 6.07 Å². The molecule has 0 spiro atoms. The van der Waals surface area contributed by atoms with Crippen LogP contribution in [0.4, 0.5) is 0 Å². The van der Waals surface area contributed by atoms with Gasteiger partial charge in [0.05, 0.1) is 6.07 Å². The zero-order valence-electron chi connectivity index (χ0n) is 4.87. The van der Waals surface area contributed by atoms with Crippen molar-refractivity contribution >= 4 is 34.8 Å². The molecule has 0 amide bonds. The second-order valence-corrected chi connectivity index (χ2v) is 4.17. The van der Waals surface area contributed by atoms with Crippen molar-refractivity contribution in [2.75, 3.05) is 0 Å². The molecule has 0 aliphatic carbocycles. The zero-order chi connectivity index (χ0) is 7.49. The molecular formula is C5H6Cl3N. The van der Waals surface area contributed by atoms with Gasteiger partial charge in [0, 0.05) is 12.3 Å². The first-order valence-electron chi connectivity index (χ1n) is 2.42. The van der Waals surface area contributed by atoms with Gasteiger partial charge < -0.3 is 0 Å². The van der Waals surface area contributed by atoms with E-state index in [1.165, 1.54) is 0 Å². The summed E-state index contributed by atoms with van der Waals surface area (Å²) in [5.41, 5.74) is 0. The van der Waals surface area contributed by atoms with Crippen LogP contribution in [0.2, 0.25) is 0 Å². The third-order valence-electron chi connectivity index (χ3n) is 0.956. The molecule has 0 aromatic heterocycles. The van der Waals surface area contributed by atoms with Crippen LogP contribution in [-0.4, -0.2) is 3.79 Å². The molecule has 0 saturated heterocycles. The van der Waals surface area contributed by atoms with Crippen LogP contribution in [-0.2, 0) is 0 Å². The van der Waals surface area contributed by atoms with E-state index in [1.807, 2.05) is 6.07 Å². The number of nitriles is 1. The van der Waals surface area contributed by atoms with Gasteiger partial charge in [0.1, 0.15) is 0 Å². The molecule has 1 atom stereocenters. The fourth-order valence-corrected chi connectivity index (χ4v) is 0.484. The van der Waals surface area contributed by atoms with Crippen molar-refractivity contribution in [2.24, 2.45) is 5.92 Å². The smallest absolute Gasteiger partial charge is 0.194 e. The predicted octanol–water partition coefficient (Wildman–Crippen LogP) is 2.91. The Bertz CT molecular complexity index is 121. The van der Waals surface area contributed by atoms with Gasteiger partial charge in [-0.1, -0.05) is 41.7 Å². The number of hydrogen-bond acceptors (Lipinski definition) is 1. The molecule has 1 unspecified atom stereocenters. The van der Waals surface area contributed by atoms with Gasteiger partial charge in [-0.15, -0.1) is 0 Å². The summed E-state index contributed by atoms with van der Waals surface area (Å²) in [4.78, 5) is 0. The highest BCUT2D eigenvalue weighted by atomic mass is 35.6. The summed E-state index contributed by atoms with van der Waals surface area (Å²) in [6.45, 7) is 1.72. The molecule has 0 heterocycles. The van der Waals surface area contributed by atoms with E-state index in [9.17, 15) is 0 Å². The second kappa shape index (κ2) is 3.51. The molecule has 0 radical (unpaired) electrons. The maximum Gasteiger partial charge on any atom is 0.194 e. The van der Waals surface area contributed by atoms with Crippen LogP contribution in [0.1, 0.15) is 13.3 Å². The molecule has 0 aliphatic heterocycles. The highest BCUT2D eigenvalue weighted by molar-refractivity contribution is 6.67. The Labute approximate surface area is 69.5 Å². The molecule has 0 bridgehead atoms. The highest BCUT2D eigenvalue weighted by Gasteiger charge is 2.27. The van der Waals surface area contributed by atoms with Crippen LogP contribution < -0.4 is 0 Å². The normalized spacial score (nSPS) is 14.6. The maximum atomic E-state index is 8.17. The third-order valence-corrected chi connectivity index (χ3v) is 2.07. The fraction of sp³-hybridized carbons (Fsp3) is 0.800. The number of hydrogen-bond donors (Lipinski definition) is 0. The first kappa shape index (κ1) is 9.36. The van der Waals surface area contributed by atoms with Gasteiger partial charge in [-0.2, -0.15) is 5.26 Å². The minimum atomic E-state index is -1.30. The van der Waals surface area contributed by atoms with E-state index < -0.39 is 3.79 Å². The molecule has 0 rings (SSSR count). The number of alkyl halides is 3.